The number of nitrogen functional groups attached to an aromatic ring is 2. The van der Waals surface area contributed by atoms with Crippen molar-refractivity contribution >= 4 is 45.4 Å². The number of fused-ring (bicyclic) bond motifs is 2. The van der Waals surface area contributed by atoms with E-state index in [-0.39, 0.29) is 52.4 Å². The Hall–Kier alpha value is -9.89. The molecule has 0 saturated carbocycles. The summed E-state index contributed by atoms with van der Waals surface area (Å²) in [4.78, 5) is 22.9. The minimum atomic E-state index is -1.27. The van der Waals surface area contributed by atoms with Crippen molar-refractivity contribution in [2.75, 3.05) is 24.6 Å². The maximum atomic E-state index is 10.2. The second-order valence-corrected chi connectivity index (χ2v) is 17.9. The molecule has 2 atom stereocenters. The summed E-state index contributed by atoms with van der Waals surface area (Å²) in [6.45, 7) is 8.59. The van der Waals surface area contributed by atoms with Gasteiger partial charge in [-0.25, -0.2) is 29.2 Å². The second kappa shape index (κ2) is 23.8. The summed E-state index contributed by atoms with van der Waals surface area (Å²) in [6, 6.07) is 17.0. The Kier molecular flexibility index (Phi) is 16.9. The van der Waals surface area contributed by atoms with E-state index in [1.54, 1.807) is 38.4 Å². The number of anilines is 2. The molecule has 0 amide bonds. The number of aromatic nitrogens is 11. The van der Waals surface area contributed by atoms with Crippen molar-refractivity contribution in [3.05, 3.63) is 89.5 Å². The summed E-state index contributed by atoms with van der Waals surface area (Å²) < 4.78 is 25.9. The number of pyridine rings is 3. The molecule has 8 aromatic rings. The number of benzene rings is 1. The molecule has 0 aliphatic rings. The first-order chi connectivity index (χ1) is 36.3. The molecule has 7 heterocycles. The molecule has 7 aromatic heterocycles. The number of hydrogen-bond acceptors (Lipinski definition) is 18. The van der Waals surface area contributed by atoms with Crippen LogP contribution in [0, 0.1) is 58.2 Å². The molecule has 0 spiro atoms. The number of nitrogens with two attached hydrogens (primary N) is 4. The number of amidine groups is 2. The zero-order chi connectivity index (χ0) is 54.6. The third kappa shape index (κ3) is 13.8. The van der Waals surface area contributed by atoms with Crippen LogP contribution in [-0.4, -0.2) is 95.7 Å². The number of ether oxygens (including phenoxy) is 2. The molecule has 0 saturated heterocycles. The molecule has 8 rings (SSSR count). The van der Waals surface area contributed by atoms with Crippen LogP contribution in [-0.2, 0) is 13.1 Å². The molecule has 1 aromatic carbocycles. The topological polar surface area (TPSA) is 426 Å². The second-order valence-electron chi connectivity index (χ2n) is 17.9. The first-order valence-electron chi connectivity index (χ1n) is 23.5. The lowest BCUT2D eigenvalue weighted by atomic mass is 10.1. The first-order valence-corrected chi connectivity index (χ1v) is 23.5. The summed E-state index contributed by atoms with van der Waals surface area (Å²) in [5.41, 5.74) is 38.4. The largest absolute Gasteiger partial charge is 0.463 e. The van der Waals surface area contributed by atoms with Crippen LogP contribution in [0.3, 0.4) is 0 Å². The van der Waals surface area contributed by atoms with E-state index < -0.39 is 17.2 Å². The molecule has 0 radical (unpaired) electrons. The molecule has 0 aliphatic heterocycles. The van der Waals surface area contributed by atoms with Crippen molar-refractivity contribution < 1.29 is 41.0 Å². The molecule has 0 aliphatic carbocycles. The Morgan fingerprint density at radius 3 is 1.53 bits per heavy atom. The van der Waals surface area contributed by atoms with Gasteiger partial charge in [0.05, 0.1) is 11.0 Å². The lowest BCUT2D eigenvalue weighted by Gasteiger charge is -2.16. The molecule has 0 fully saturated rings. The average Bonchev–Trinajstić information content (AvgIpc) is 4.19. The molecule has 0 bridgehead atoms. The maximum absolute atomic E-state index is 10.2. The summed E-state index contributed by atoms with van der Waals surface area (Å²) in [5.74, 6) is 23.9. The third-order valence-corrected chi connectivity index (χ3v) is 10.6. The molecule has 25 nitrogen and oxygen atoms in total. The van der Waals surface area contributed by atoms with Gasteiger partial charge in [0, 0.05) is 69.9 Å². The Labute approximate surface area is 435 Å². The van der Waals surface area contributed by atoms with Gasteiger partial charge < -0.3 is 63.9 Å². The Bertz CT molecular complexity index is 3400. The number of nitrogens with one attached hydrogen (secondary N) is 2. The molecule has 20 N–H and O–H groups in total. The van der Waals surface area contributed by atoms with Crippen molar-refractivity contribution in [1.29, 1.82) is 10.8 Å². The van der Waals surface area contributed by atoms with Crippen molar-refractivity contribution in [3.8, 4) is 82.2 Å². The van der Waals surface area contributed by atoms with Crippen LogP contribution < -0.4 is 49.6 Å². The van der Waals surface area contributed by atoms with E-state index in [4.69, 9.17) is 67.4 Å². The van der Waals surface area contributed by atoms with Gasteiger partial charge in [-0.05, 0) is 81.8 Å². The normalized spacial score (nSPS) is 11.8. The standard InChI is InChI=1S/C26H28N10O2.C25H26N10O3/c1-26(2,31)12-11-17-22-18(14-21(32-17)37-19(15-27)16-8-4-3-5-9-16)36(13-7-6-10-20(28)29)25(33-22)23-24(30)35-38-34-23;1-25(2,36)9-6-16-21-17(13-20(31-16)37-18(14-26)15-7-10-30-11-8-15)35(12-4-3-5-19(27)28)24(32-21)22-23(29)34-38-33-22/h3-5,8-9,14,19H,7,13,15,27,31H2,1-2H3,(H3,28,29)(H2,30,35);7-8,10-11,13,18,36H,4,12,14,26H2,1-2H3,(H3,27,28)(H2,29,34)/p+3/t19-;18-/m00/s1. The molecule has 0 unspecified atom stereocenters. The quantitative estimate of drug-likeness (QED) is 0.0400. The highest BCUT2D eigenvalue weighted by molar-refractivity contribution is 5.95. The minimum Gasteiger partial charge on any atom is -0.463 e. The molecular weight excluding hydrogens is 973 g/mol. The first kappa shape index (κ1) is 53.9. The van der Waals surface area contributed by atoms with Crippen molar-refractivity contribution in [1.82, 2.24) is 54.7 Å². The monoisotopic (exact) mass is 1030 g/mol. The Morgan fingerprint density at radius 2 is 1.13 bits per heavy atom. The van der Waals surface area contributed by atoms with E-state index in [1.807, 2.05) is 65.4 Å². The number of aryl methyl sites for hydroxylation is 2. The third-order valence-electron chi connectivity index (χ3n) is 10.6. The Morgan fingerprint density at radius 1 is 0.684 bits per heavy atom. The van der Waals surface area contributed by atoms with Gasteiger partial charge in [-0.15, -0.1) is 0 Å². The predicted molar refractivity (Wildman–Crippen MR) is 279 cm³/mol. The van der Waals surface area contributed by atoms with Gasteiger partial charge in [0.1, 0.15) is 41.1 Å². The zero-order valence-corrected chi connectivity index (χ0v) is 42.2. The van der Waals surface area contributed by atoms with Crippen LogP contribution in [0.25, 0.3) is 45.1 Å². The Balaban J connectivity index is 0.000000221. The lowest BCUT2D eigenvalue weighted by molar-refractivity contribution is -0.442. The van der Waals surface area contributed by atoms with E-state index >= 15 is 0 Å². The van der Waals surface area contributed by atoms with E-state index in [1.165, 1.54) is 0 Å². The van der Waals surface area contributed by atoms with Gasteiger partial charge in [-0.1, -0.05) is 48.1 Å². The van der Waals surface area contributed by atoms with Crippen LogP contribution in [0.2, 0.25) is 0 Å². The number of rotatable bonds is 14. The van der Waals surface area contributed by atoms with Crippen LogP contribution in [0.5, 0.6) is 11.8 Å². The van der Waals surface area contributed by atoms with Gasteiger partial charge in [0.2, 0.25) is 11.8 Å². The maximum Gasteiger partial charge on any atom is 0.217 e. The summed E-state index contributed by atoms with van der Waals surface area (Å²) in [5, 5.41) is 40.1. The highest BCUT2D eigenvalue weighted by Gasteiger charge is 2.26. The fraction of sp³-hybridized carbons (Fsp3) is 0.275. The van der Waals surface area contributed by atoms with Crippen LogP contribution in [0.1, 0.15) is 75.3 Å². The van der Waals surface area contributed by atoms with Crippen LogP contribution in [0.4, 0.5) is 11.6 Å². The summed E-state index contributed by atoms with van der Waals surface area (Å²) >= 11 is 0. The fourth-order valence-corrected chi connectivity index (χ4v) is 7.22. The van der Waals surface area contributed by atoms with Crippen LogP contribution >= 0.6 is 0 Å². The number of imidazole rings is 2. The lowest BCUT2D eigenvalue weighted by Crippen LogP contribution is -2.68. The van der Waals surface area contributed by atoms with Gasteiger partial charge in [-0.2, -0.15) is 0 Å². The van der Waals surface area contributed by atoms with Crippen molar-refractivity contribution in [2.24, 2.45) is 11.5 Å². The van der Waals surface area contributed by atoms with E-state index in [2.05, 4.69) is 95.2 Å². The fourth-order valence-electron chi connectivity index (χ4n) is 7.22. The minimum absolute atomic E-state index is 0.0553. The smallest absolute Gasteiger partial charge is 0.217 e. The van der Waals surface area contributed by atoms with Gasteiger partial charge >= 0.3 is 0 Å². The molecule has 25 heteroatoms. The number of nitrogens with zero attached hydrogens (tertiary/aromatic N) is 11. The molecule has 388 valence electrons. The summed E-state index contributed by atoms with van der Waals surface area (Å²) in [6.07, 6.45) is 3.35. The summed E-state index contributed by atoms with van der Waals surface area (Å²) in [7, 11) is 0. The van der Waals surface area contributed by atoms with E-state index in [9.17, 15) is 5.11 Å². The molecule has 76 heavy (non-hydrogen) atoms. The highest BCUT2D eigenvalue weighted by Crippen LogP contribution is 2.33. The van der Waals surface area contributed by atoms with Crippen LogP contribution in [0.15, 0.2) is 76.2 Å². The predicted octanol–water partition coefficient (Wildman–Crippen LogP) is 0.399. The van der Waals surface area contributed by atoms with Crippen molar-refractivity contribution in [2.45, 2.75) is 77.0 Å². The van der Waals surface area contributed by atoms with Gasteiger partial charge in [0.25, 0.3) is 0 Å². The number of quaternary nitrogens is 3. The molecular formula is C51H57N20O5+3. The SMILES string of the molecule is CC(C)(O)C#Cc1nc(O[C@@H](C[NH3+])c2ccncc2)cc2c1nc(-c1nonc1N)n2CCC#CC(=N)N.CC(C)([NH3+])C#Cc1nc(O[C@@H](C[NH3+])c2ccccc2)cc2c1nc(-c1nonc1N)n2CCC#CC(=N)N. The van der Waals surface area contributed by atoms with Gasteiger partial charge in [-0.3, -0.25) is 15.8 Å². The number of hydrogen-bond donors (Lipinski definition) is 10. The average molecular weight is 1030 g/mol. The van der Waals surface area contributed by atoms with E-state index in [0.29, 0.717) is 84.3 Å². The number of aliphatic hydroxyl groups is 1. The zero-order valence-electron chi connectivity index (χ0n) is 42.2. The highest BCUT2D eigenvalue weighted by atomic mass is 16.6. The van der Waals surface area contributed by atoms with Gasteiger partial charge in [0.15, 0.2) is 64.1 Å². The van der Waals surface area contributed by atoms with E-state index in [0.717, 1.165) is 11.1 Å². The van der Waals surface area contributed by atoms with Crippen molar-refractivity contribution in [3.63, 3.8) is 0 Å².